The number of nitrogens with one attached hydrogen (secondary N) is 2. The highest BCUT2D eigenvalue weighted by atomic mass is 127. The fourth-order valence-corrected chi connectivity index (χ4v) is 2.83. The maximum atomic E-state index is 12.7. The molecule has 0 aliphatic carbocycles. The van der Waals surface area contributed by atoms with Gasteiger partial charge in [0.1, 0.15) is 5.69 Å². The normalized spacial score (nSPS) is 15.9. The molecule has 11 heteroatoms. The van der Waals surface area contributed by atoms with Crippen molar-refractivity contribution >= 4 is 35.9 Å². The van der Waals surface area contributed by atoms with E-state index in [0.717, 1.165) is 57.3 Å². The van der Waals surface area contributed by atoms with E-state index in [4.69, 9.17) is 4.74 Å². The zero-order valence-corrected chi connectivity index (χ0v) is 18.5. The van der Waals surface area contributed by atoms with Crippen LogP contribution in [0.2, 0.25) is 0 Å². The van der Waals surface area contributed by atoms with Crippen LogP contribution < -0.4 is 10.6 Å². The topological polar surface area (TPSA) is 74.7 Å². The van der Waals surface area contributed by atoms with Gasteiger partial charge >= 0.3 is 6.18 Å². The van der Waals surface area contributed by atoms with Crippen molar-refractivity contribution in [1.29, 1.82) is 0 Å². The van der Waals surface area contributed by atoms with Crippen molar-refractivity contribution < 1.29 is 17.9 Å². The smallest absolute Gasteiger partial charge is 0.378 e. The number of aliphatic imine (C=N–C) groups is 1. The van der Waals surface area contributed by atoms with Gasteiger partial charge in [-0.15, -0.1) is 24.0 Å². The second-order valence-electron chi connectivity index (χ2n) is 6.07. The van der Waals surface area contributed by atoms with Crippen LogP contribution in [0.4, 0.5) is 19.1 Å². The lowest BCUT2D eigenvalue weighted by molar-refractivity contribution is -0.141. The number of anilines is 1. The highest BCUT2D eigenvalue weighted by molar-refractivity contribution is 14.0. The zero-order chi connectivity index (χ0) is 19.7. The number of guanidine groups is 1. The summed E-state index contributed by atoms with van der Waals surface area (Å²) in [7, 11) is 0. The number of ether oxygens (including phenoxy) is 1. The minimum absolute atomic E-state index is 0. The van der Waals surface area contributed by atoms with Crippen LogP contribution in [0.25, 0.3) is 0 Å². The third-order valence-electron chi connectivity index (χ3n) is 4.08. The number of piperidine rings is 1. The Kier molecular flexibility index (Phi) is 10.8. The molecule has 0 bridgehead atoms. The molecule has 1 saturated heterocycles. The summed E-state index contributed by atoms with van der Waals surface area (Å²) >= 11 is 0. The van der Waals surface area contributed by atoms with Gasteiger partial charge in [-0.3, -0.25) is 4.99 Å². The molecule has 1 aliphatic rings. The van der Waals surface area contributed by atoms with Gasteiger partial charge in [0, 0.05) is 39.0 Å². The van der Waals surface area contributed by atoms with E-state index in [1.807, 2.05) is 13.8 Å². The SMILES string of the molecule is CCNC(=NCCNc1nccc(C(F)(F)F)n1)N1CCC(OCC)CC1.I. The van der Waals surface area contributed by atoms with Gasteiger partial charge in [0.15, 0.2) is 5.96 Å². The fraction of sp³-hybridized carbons (Fsp3) is 0.706. The molecule has 2 rings (SSSR count). The Bertz CT molecular complexity index is 609. The molecule has 0 saturated carbocycles. The minimum atomic E-state index is -4.48. The Morgan fingerprint density at radius 2 is 2.04 bits per heavy atom. The fourth-order valence-electron chi connectivity index (χ4n) is 2.83. The molecule has 1 aliphatic heterocycles. The molecule has 0 unspecified atom stereocenters. The molecule has 7 nitrogen and oxygen atoms in total. The number of likely N-dealkylation sites (tertiary alicyclic amines) is 1. The first kappa shape index (κ1) is 24.7. The molecule has 160 valence electrons. The molecule has 2 heterocycles. The van der Waals surface area contributed by atoms with E-state index in [2.05, 4.69) is 30.5 Å². The van der Waals surface area contributed by atoms with Crippen LogP contribution in [-0.4, -0.2) is 66.3 Å². The third-order valence-corrected chi connectivity index (χ3v) is 4.08. The lowest BCUT2D eigenvalue weighted by Crippen LogP contribution is -2.47. The Morgan fingerprint density at radius 1 is 1.32 bits per heavy atom. The summed E-state index contributed by atoms with van der Waals surface area (Å²) in [6.07, 6.45) is -1.19. The van der Waals surface area contributed by atoms with Gasteiger partial charge < -0.3 is 20.3 Å². The lowest BCUT2D eigenvalue weighted by atomic mass is 10.1. The van der Waals surface area contributed by atoms with Crippen LogP contribution in [0, 0.1) is 0 Å². The number of nitrogens with zero attached hydrogens (tertiary/aromatic N) is 4. The van der Waals surface area contributed by atoms with Crippen LogP contribution in [0.1, 0.15) is 32.4 Å². The third kappa shape index (κ3) is 7.94. The summed E-state index contributed by atoms with van der Waals surface area (Å²) in [5, 5.41) is 6.04. The van der Waals surface area contributed by atoms with E-state index in [0.29, 0.717) is 19.2 Å². The van der Waals surface area contributed by atoms with Gasteiger partial charge in [0.05, 0.1) is 12.6 Å². The van der Waals surface area contributed by atoms with Crippen molar-refractivity contribution in [3.63, 3.8) is 0 Å². The molecular formula is C17H28F3IN6O. The number of hydrogen-bond acceptors (Lipinski definition) is 5. The van der Waals surface area contributed by atoms with E-state index in [1.54, 1.807) is 0 Å². The zero-order valence-electron chi connectivity index (χ0n) is 16.1. The van der Waals surface area contributed by atoms with Crippen molar-refractivity contribution in [3.05, 3.63) is 18.0 Å². The van der Waals surface area contributed by atoms with Crippen molar-refractivity contribution in [2.75, 3.05) is 44.6 Å². The van der Waals surface area contributed by atoms with Crippen molar-refractivity contribution in [2.45, 2.75) is 39.0 Å². The summed E-state index contributed by atoms with van der Waals surface area (Å²) in [6, 6.07) is 0.846. The van der Waals surface area contributed by atoms with Crippen molar-refractivity contribution in [2.24, 2.45) is 4.99 Å². The van der Waals surface area contributed by atoms with Crippen LogP contribution in [0.3, 0.4) is 0 Å². The molecule has 0 amide bonds. The highest BCUT2D eigenvalue weighted by Crippen LogP contribution is 2.27. The summed E-state index contributed by atoms with van der Waals surface area (Å²) in [5.74, 6) is 0.752. The standard InChI is InChI=1S/C17H27F3N6O.HI/c1-3-21-16(26-11-6-13(7-12-26)27-4-2)24-10-9-23-15-22-8-5-14(25-15)17(18,19)20;/h5,8,13H,3-4,6-7,9-12H2,1-2H3,(H,21,24)(H,22,23,25);1H. The minimum Gasteiger partial charge on any atom is -0.378 e. The summed E-state index contributed by atoms with van der Waals surface area (Å²) in [4.78, 5) is 14.0. The van der Waals surface area contributed by atoms with Crippen molar-refractivity contribution in [3.8, 4) is 0 Å². The predicted molar refractivity (Wildman–Crippen MR) is 113 cm³/mol. The predicted octanol–water partition coefficient (Wildman–Crippen LogP) is 2.99. The van der Waals surface area contributed by atoms with E-state index in [1.165, 1.54) is 0 Å². The highest BCUT2D eigenvalue weighted by Gasteiger charge is 2.32. The summed E-state index contributed by atoms with van der Waals surface area (Å²) in [6.45, 7) is 7.92. The molecule has 0 radical (unpaired) electrons. The first-order chi connectivity index (χ1) is 12.9. The summed E-state index contributed by atoms with van der Waals surface area (Å²) in [5.41, 5.74) is -0.964. The van der Waals surface area contributed by atoms with Gasteiger partial charge in [-0.2, -0.15) is 13.2 Å². The number of alkyl halides is 3. The number of rotatable bonds is 7. The van der Waals surface area contributed by atoms with Gasteiger partial charge in [-0.25, -0.2) is 9.97 Å². The van der Waals surface area contributed by atoms with Crippen LogP contribution in [0.15, 0.2) is 17.3 Å². The maximum Gasteiger partial charge on any atom is 0.433 e. The molecular weight excluding hydrogens is 488 g/mol. The van der Waals surface area contributed by atoms with E-state index < -0.39 is 11.9 Å². The second-order valence-corrected chi connectivity index (χ2v) is 6.07. The first-order valence-electron chi connectivity index (χ1n) is 9.23. The lowest BCUT2D eigenvalue weighted by Gasteiger charge is -2.34. The molecule has 1 fully saturated rings. The van der Waals surface area contributed by atoms with Crippen LogP contribution in [0.5, 0.6) is 0 Å². The maximum absolute atomic E-state index is 12.7. The number of aromatic nitrogens is 2. The molecule has 0 spiro atoms. The second kappa shape index (κ2) is 12.2. The first-order valence-corrected chi connectivity index (χ1v) is 9.23. The Morgan fingerprint density at radius 3 is 2.64 bits per heavy atom. The summed E-state index contributed by atoms with van der Waals surface area (Å²) < 4.78 is 43.7. The number of halogens is 4. The number of hydrogen-bond donors (Lipinski definition) is 2. The largest absolute Gasteiger partial charge is 0.433 e. The van der Waals surface area contributed by atoms with E-state index in [9.17, 15) is 13.2 Å². The van der Waals surface area contributed by atoms with Gasteiger partial charge in [0.25, 0.3) is 0 Å². The molecule has 2 N–H and O–H groups in total. The molecule has 1 aromatic rings. The van der Waals surface area contributed by atoms with Crippen LogP contribution >= 0.6 is 24.0 Å². The van der Waals surface area contributed by atoms with Crippen molar-refractivity contribution in [1.82, 2.24) is 20.2 Å². The average molecular weight is 516 g/mol. The Hall–Kier alpha value is -1.37. The van der Waals surface area contributed by atoms with Gasteiger partial charge in [-0.05, 0) is 32.8 Å². The van der Waals surface area contributed by atoms with Gasteiger partial charge in [0.2, 0.25) is 5.95 Å². The Balaban J connectivity index is 0.00000392. The monoisotopic (exact) mass is 516 g/mol. The molecule has 0 atom stereocenters. The Labute approximate surface area is 180 Å². The quantitative estimate of drug-likeness (QED) is 0.251. The molecule has 0 aromatic carbocycles. The molecule has 1 aromatic heterocycles. The van der Waals surface area contributed by atoms with E-state index >= 15 is 0 Å². The van der Waals surface area contributed by atoms with E-state index in [-0.39, 0.29) is 29.9 Å². The van der Waals surface area contributed by atoms with Gasteiger partial charge in [-0.1, -0.05) is 0 Å². The molecule has 28 heavy (non-hydrogen) atoms. The average Bonchev–Trinajstić information content (AvgIpc) is 2.65. The van der Waals surface area contributed by atoms with Crippen LogP contribution in [-0.2, 0) is 10.9 Å².